The summed E-state index contributed by atoms with van der Waals surface area (Å²) in [7, 11) is 0. The third kappa shape index (κ3) is 4.77. The third-order valence-electron chi connectivity index (χ3n) is 3.28. The first-order valence-electron chi connectivity index (χ1n) is 7.21. The lowest BCUT2D eigenvalue weighted by Gasteiger charge is -2.13. The predicted octanol–water partition coefficient (Wildman–Crippen LogP) is 3.44. The van der Waals surface area contributed by atoms with Crippen LogP contribution in [0.4, 0.5) is 14.5 Å². The number of halogens is 2. The van der Waals surface area contributed by atoms with E-state index in [9.17, 15) is 13.6 Å². The summed E-state index contributed by atoms with van der Waals surface area (Å²) in [6, 6.07) is 6.65. The average Bonchev–Trinajstić information content (AvgIpc) is 2.77. The van der Waals surface area contributed by atoms with Crippen LogP contribution < -0.4 is 10.1 Å². The van der Waals surface area contributed by atoms with E-state index in [2.05, 4.69) is 15.2 Å². The summed E-state index contributed by atoms with van der Waals surface area (Å²) in [6.45, 7) is 3.02. The van der Waals surface area contributed by atoms with E-state index < -0.39 is 6.61 Å². The zero-order valence-electron chi connectivity index (χ0n) is 13.3. The van der Waals surface area contributed by atoms with Crippen molar-refractivity contribution in [3.05, 3.63) is 41.2 Å². The molecule has 1 aromatic heterocycles. The molecule has 0 saturated heterocycles. The molecule has 0 aliphatic carbocycles. The van der Waals surface area contributed by atoms with Crippen LogP contribution in [-0.4, -0.2) is 22.3 Å². The number of rotatable bonds is 6. The fourth-order valence-electron chi connectivity index (χ4n) is 2.25. The number of alkyl halides is 2. The largest absolute Gasteiger partial charge is 0.433 e. The number of nitrogens with zero attached hydrogens (tertiary/aromatic N) is 2. The minimum Gasteiger partial charge on any atom is -0.433 e. The number of hydrogen-bond acceptors (Lipinski definition) is 3. The molecule has 0 atom stereocenters. The molecule has 2 aromatic rings. The van der Waals surface area contributed by atoms with E-state index in [1.807, 2.05) is 19.9 Å². The van der Waals surface area contributed by atoms with Crippen molar-refractivity contribution in [2.24, 2.45) is 0 Å². The van der Waals surface area contributed by atoms with Crippen LogP contribution in [-0.2, 0) is 11.3 Å². The maximum atomic E-state index is 12.4. The van der Waals surface area contributed by atoms with Gasteiger partial charge < -0.3 is 10.1 Å². The monoisotopic (exact) mass is 323 g/mol. The van der Waals surface area contributed by atoms with Crippen LogP contribution in [0.1, 0.15) is 23.4 Å². The molecular weight excluding hydrogens is 304 g/mol. The number of anilines is 1. The molecule has 0 radical (unpaired) electrons. The minimum atomic E-state index is -2.94. The molecular formula is C16H19F2N3O2. The Bertz CT molecular complexity index is 699. The number of benzene rings is 1. The molecule has 0 saturated carbocycles. The first-order chi connectivity index (χ1) is 10.8. The number of amides is 1. The van der Waals surface area contributed by atoms with Crippen LogP contribution in [0.15, 0.2) is 24.3 Å². The molecule has 124 valence electrons. The SMILES string of the molecule is Cc1ccc(NC(=O)CCn2nc(C)cc2C)c(OC(F)F)c1. The molecule has 1 amide bonds. The Balaban J connectivity index is 2.01. The Morgan fingerprint density at radius 1 is 1.30 bits per heavy atom. The van der Waals surface area contributed by atoms with Crippen molar-refractivity contribution < 1.29 is 18.3 Å². The van der Waals surface area contributed by atoms with Crippen molar-refractivity contribution in [2.75, 3.05) is 5.32 Å². The molecule has 1 aromatic carbocycles. The van der Waals surface area contributed by atoms with Crippen LogP contribution >= 0.6 is 0 Å². The quantitative estimate of drug-likeness (QED) is 0.886. The smallest absolute Gasteiger partial charge is 0.387 e. The highest BCUT2D eigenvalue weighted by Gasteiger charge is 2.13. The summed E-state index contributed by atoms with van der Waals surface area (Å²) in [5.74, 6) is -0.333. The molecule has 0 spiro atoms. The van der Waals surface area contributed by atoms with E-state index in [1.165, 1.54) is 6.07 Å². The number of aromatic nitrogens is 2. The molecule has 0 aliphatic rings. The fraction of sp³-hybridized carbons (Fsp3) is 0.375. The van der Waals surface area contributed by atoms with Gasteiger partial charge in [-0.05, 0) is 44.5 Å². The van der Waals surface area contributed by atoms with Gasteiger partial charge in [-0.2, -0.15) is 13.9 Å². The lowest BCUT2D eigenvalue weighted by Crippen LogP contribution is -2.16. The van der Waals surface area contributed by atoms with Crippen LogP contribution in [0.5, 0.6) is 5.75 Å². The second-order valence-corrected chi connectivity index (χ2v) is 5.33. The van der Waals surface area contributed by atoms with Crippen LogP contribution in [0.3, 0.4) is 0 Å². The first-order valence-corrected chi connectivity index (χ1v) is 7.21. The third-order valence-corrected chi connectivity index (χ3v) is 3.28. The van der Waals surface area contributed by atoms with E-state index in [0.29, 0.717) is 6.54 Å². The second-order valence-electron chi connectivity index (χ2n) is 5.33. The maximum absolute atomic E-state index is 12.4. The molecule has 1 N–H and O–H groups in total. The van der Waals surface area contributed by atoms with Crippen LogP contribution in [0, 0.1) is 20.8 Å². The molecule has 0 bridgehead atoms. The van der Waals surface area contributed by atoms with E-state index in [-0.39, 0.29) is 23.8 Å². The first kappa shape index (κ1) is 16.9. The summed E-state index contributed by atoms with van der Waals surface area (Å²) < 4.78 is 31.1. The summed E-state index contributed by atoms with van der Waals surface area (Å²) in [5, 5.41) is 6.87. The molecule has 23 heavy (non-hydrogen) atoms. The van der Waals surface area contributed by atoms with E-state index in [4.69, 9.17) is 0 Å². The topological polar surface area (TPSA) is 56.2 Å². The molecule has 1 heterocycles. The molecule has 0 fully saturated rings. The number of nitrogens with one attached hydrogen (secondary N) is 1. The summed E-state index contributed by atoms with van der Waals surface area (Å²) >= 11 is 0. The lowest BCUT2D eigenvalue weighted by molar-refractivity contribution is -0.116. The normalized spacial score (nSPS) is 10.9. The van der Waals surface area contributed by atoms with Crippen molar-refractivity contribution >= 4 is 11.6 Å². The van der Waals surface area contributed by atoms with Gasteiger partial charge in [0.2, 0.25) is 5.91 Å². The van der Waals surface area contributed by atoms with Crippen LogP contribution in [0.2, 0.25) is 0 Å². The Labute approximate surface area is 133 Å². The Morgan fingerprint density at radius 2 is 2.04 bits per heavy atom. The Morgan fingerprint density at radius 3 is 2.65 bits per heavy atom. The molecule has 7 heteroatoms. The lowest BCUT2D eigenvalue weighted by atomic mass is 10.2. The molecule has 0 unspecified atom stereocenters. The summed E-state index contributed by atoms with van der Waals surface area (Å²) in [5.41, 5.74) is 2.84. The fourth-order valence-corrected chi connectivity index (χ4v) is 2.25. The molecule has 0 aliphatic heterocycles. The van der Waals surface area contributed by atoms with Crippen LogP contribution in [0.25, 0.3) is 0 Å². The van der Waals surface area contributed by atoms with E-state index in [0.717, 1.165) is 17.0 Å². The molecule has 2 rings (SSSR count). The van der Waals surface area contributed by atoms with Gasteiger partial charge in [0.05, 0.1) is 11.4 Å². The Hall–Kier alpha value is -2.44. The minimum absolute atomic E-state index is 0.0422. The van der Waals surface area contributed by atoms with Gasteiger partial charge in [-0.3, -0.25) is 9.48 Å². The van der Waals surface area contributed by atoms with Gasteiger partial charge in [0.25, 0.3) is 0 Å². The number of carbonyl (C=O) groups excluding carboxylic acids is 1. The van der Waals surface area contributed by atoms with Crippen molar-refractivity contribution in [1.82, 2.24) is 9.78 Å². The highest BCUT2D eigenvalue weighted by Crippen LogP contribution is 2.27. The zero-order valence-corrected chi connectivity index (χ0v) is 13.3. The highest BCUT2D eigenvalue weighted by atomic mass is 19.3. The number of hydrogen-bond donors (Lipinski definition) is 1. The van der Waals surface area contributed by atoms with Gasteiger partial charge in [-0.1, -0.05) is 6.07 Å². The number of aryl methyl sites for hydroxylation is 4. The van der Waals surface area contributed by atoms with Gasteiger partial charge >= 0.3 is 6.61 Å². The van der Waals surface area contributed by atoms with Gasteiger partial charge in [-0.15, -0.1) is 0 Å². The Kier molecular flexibility index (Phi) is 5.31. The standard InChI is InChI=1S/C16H19F2N3O2/c1-10-4-5-13(14(8-10)23-16(17)18)19-15(22)6-7-21-12(3)9-11(2)20-21/h4-5,8-9,16H,6-7H2,1-3H3,(H,19,22). The van der Waals surface area contributed by atoms with Gasteiger partial charge in [0.1, 0.15) is 5.75 Å². The highest BCUT2D eigenvalue weighted by molar-refractivity contribution is 5.92. The second kappa shape index (κ2) is 7.21. The summed E-state index contributed by atoms with van der Waals surface area (Å²) in [6.07, 6.45) is 0.184. The zero-order chi connectivity index (χ0) is 17.0. The van der Waals surface area contributed by atoms with E-state index in [1.54, 1.807) is 23.7 Å². The van der Waals surface area contributed by atoms with Gasteiger partial charge in [0, 0.05) is 18.7 Å². The number of ether oxygens (including phenoxy) is 1. The van der Waals surface area contributed by atoms with Gasteiger partial charge in [0.15, 0.2) is 0 Å². The van der Waals surface area contributed by atoms with Crippen molar-refractivity contribution in [1.29, 1.82) is 0 Å². The average molecular weight is 323 g/mol. The van der Waals surface area contributed by atoms with Crippen molar-refractivity contribution in [2.45, 2.75) is 40.3 Å². The summed E-state index contributed by atoms with van der Waals surface area (Å²) in [4.78, 5) is 12.0. The number of carbonyl (C=O) groups is 1. The molecule has 5 nitrogen and oxygen atoms in total. The van der Waals surface area contributed by atoms with Crippen molar-refractivity contribution in [3.8, 4) is 5.75 Å². The predicted molar refractivity (Wildman–Crippen MR) is 82.8 cm³/mol. The van der Waals surface area contributed by atoms with E-state index >= 15 is 0 Å². The van der Waals surface area contributed by atoms with Gasteiger partial charge in [-0.25, -0.2) is 0 Å². The maximum Gasteiger partial charge on any atom is 0.387 e. The van der Waals surface area contributed by atoms with Crippen molar-refractivity contribution in [3.63, 3.8) is 0 Å².